The molecule has 4 rings (SSSR count). The highest BCUT2D eigenvalue weighted by Gasteiger charge is 2.30. The van der Waals surface area contributed by atoms with Crippen LogP contribution in [0.4, 0.5) is 11.6 Å². The van der Waals surface area contributed by atoms with Crippen LogP contribution in [0.3, 0.4) is 0 Å². The van der Waals surface area contributed by atoms with E-state index in [-0.39, 0.29) is 0 Å². The van der Waals surface area contributed by atoms with Crippen LogP contribution in [0.1, 0.15) is 37.9 Å². The average molecular weight is 384 g/mol. The van der Waals surface area contributed by atoms with E-state index in [1.54, 1.807) is 0 Å². The molecule has 0 spiro atoms. The molecule has 4 heterocycles. The van der Waals surface area contributed by atoms with Gasteiger partial charge in [0.05, 0.1) is 6.20 Å². The first-order valence-corrected chi connectivity index (χ1v) is 10.4. The SMILES string of the molecule is Cc1c(CN2CCN(c3nccnc3N3CCCC(C)(C)C3)CC2)cnn1C. The van der Waals surface area contributed by atoms with Crippen molar-refractivity contribution in [1.82, 2.24) is 24.6 Å². The molecular formula is C21H33N7. The second-order valence-electron chi connectivity index (χ2n) is 9.03. The van der Waals surface area contributed by atoms with Crippen LogP contribution in [0.25, 0.3) is 0 Å². The molecule has 0 aromatic carbocycles. The number of hydrogen-bond donors (Lipinski definition) is 0. The van der Waals surface area contributed by atoms with Gasteiger partial charge in [-0.1, -0.05) is 13.8 Å². The van der Waals surface area contributed by atoms with Crippen LogP contribution in [-0.4, -0.2) is 63.9 Å². The average Bonchev–Trinajstić information content (AvgIpc) is 3.00. The molecule has 2 aliphatic heterocycles. The van der Waals surface area contributed by atoms with Gasteiger partial charge in [-0.15, -0.1) is 0 Å². The first-order chi connectivity index (χ1) is 13.4. The van der Waals surface area contributed by atoms with Crippen molar-refractivity contribution in [3.05, 3.63) is 29.8 Å². The molecule has 2 aliphatic rings. The third-order valence-electron chi connectivity index (χ3n) is 6.26. The van der Waals surface area contributed by atoms with Crippen LogP contribution in [0, 0.1) is 12.3 Å². The Kier molecular flexibility index (Phi) is 5.27. The first kappa shape index (κ1) is 19.2. The highest BCUT2D eigenvalue weighted by atomic mass is 15.3. The zero-order valence-electron chi connectivity index (χ0n) is 17.7. The van der Waals surface area contributed by atoms with Gasteiger partial charge in [0, 0.05) is 76.5 Å². The number of piperazine rings is 1. The first-order valence-electron chi connectivity index (χ1n) is 10.4. The number of anilines is 2. The summed E-state index contributed by atoms with van der Waals surface area (Å²) in [5.41, 5.74) is 2.92. The maximum absolute atomic E-state index is 4.74. The van der Waals surface area contributed by atoms with E-state index in [0.29, 0.717) is 5.41 Å². The van der Waals surface area contributed by atoms with Gasteiger partial charge in [-0.05, 0) is 25.2 Å². The molecule has 2 fully saturated rings. The van der Waals surface area contributed by atoms with Gasteiger partial charge in [-0.3, -0.25) is 9.58 Å². The van der Waals surface area contributed by atoms with E-state index in [0.717, 1.165) is 57.4 Å². The lowest BCUT2D eigenvalue weighted by Crippen LogP contribution is -2.47. The summed E-state index contributed by atoms with van der Waals surface area (Å²) in [6.07, 6.45) is 8.18. The number of aromatic nitrogens is 4. The Morgan fingerprint density at radius 1 is 0.964 bits per heavy atom. The van der Waals surface area contributed by atoms with E-state index in [1.165, 1.54) is 24.1 Å². The monoisotopic (exact) mass is 383 g/mol. The molecule has 0 bridgehead atoms. The van der Waals surface area contributed by atoms with Crippen LogP contribution in [0.15, 0.2) is 18.6 Å². The van der Waals surface area contributed by atoms with Gasteiger partial charge in [0.2, 0.25) is 0 Å². The van der Waals surface area contributed by atoms with E-state index in [9.17, 15) is 0 Å². The minimum absolute atomic E-state index is 0.341. The Balaban J connectivity index is 1.43. The Bertz CT molecular complexity index is 805. The summed E-state index contributed by atoms with van der Waals surface area (Å²) in [5, 5.41) is 4.38. The van der Waals surface area contributed by atoms with Gasteiger partial charge in [-0.25, -0.2) is 9.97 Å². The van der Waals surface area contributed by atoms with Crippen molar-refractivity contribution < 1.29 is 0 Å². The van der Waals surface area contributed by atoms with Crippen molar-refractivity contribution in [2.24, 2.45) is 12.5 Å². The minimum atomic E-state index is 0.341. The number of hydrogen-bond acceptors (Lipinski definition) is 6. The van der Waals surface area contributed by atoms with Gasteiger partial charge in [-0.2, -0.15) is 5.10 Å². The Morgan fingerprint density at radius 2 is 1.64 bits per heavy atom. The highest BCUT2D eigenvalue weighted by Crippen LogP contribution is 2.34. The van der Waals surface area contributed by atoms with Gasteiger partial charge < -0.3 is 9.80 Å². The third-order valence-corrected chi connectivity index (χ3v) is 6.26. The minimum Gasteiger partial charge on any atom is -0.353 e. The quantitative estimate of drug-likeness (QED) is 0.808. The van der Waals surface area contributed by atoms with E-state index >= 15 is 0 Å². The van der Waals surface area contributed by atoms with Crippen molar-refractivity contribution in [1.29, 1.82) is 0 Å². The van der Waals surface area contributed by atoms with Crippen LogP contribution in [0.2, 0.25) is 0 Å². The Labute approximate surface area is 168 Å². The fraction of sp³-hybridized carbons (Fsp3) is 0.667. The molecular weight excluding hydrogens is 350 g/mol. The second-order valence-corrected chi connectivity index (χ2v) is 9.03. The topological polar surface area (TPSA) is 53.3 Å². The fourth-order valence-corrected chi connectivity index (χ4v) is 4.43. The molecule has 152 valence electrons. The maximum Gasteiger partial charge on any atom is 0.172 e. The van der Waals surface area contributed by atoms with Crippen molar-refractivity contribution in [3.63, 3.8) is 0 Å². The predicted molar refractivity (Wildman–Crippen MR) is 113 cm³/mol. The van der Waals surface area contributed by atoms with Gasteiger partial charge in [0.15, 0.2) is 11.6 Å². The van der Waals surface area contributed by atoms with Crippen LogP contribution in [0.5, 0.6) is 0 Å². The molecule has 0 radical (unpaired) electrons. The molecule has 7 nitrogen and oxygen atoms in total. The van der Waals surface area contributed by atoms with E-state index in [2.05, 4.69) is 40.6 Å². The van der Waals surface area contributed by atoms with Crippen LogP contribution in [-0.2, 0) is 13.6 Å². The van der Waals surface area contributed by atoms with E-state index < -0.39 is 0 Å². The zero-order valence-corrected chi connectivity index (χ0v) is 17.7. The largest absolute Gasteiger partial charge is 0.353 e. The summed E-state index contributed by atoms with van der Waals surface area (Å²) in [6, 6.07) is 0. The fourth-order valence-electron chi connectivity index (χ4n) is 4.43. The Hall–Kier alpha value is -2.15. The summed E-state index contributed by atoms with van der Waals surface area (Å²) in [7, 11) is 2.01. The van der Waals surface area contributed by atoms with E-state index in [4.69, 9.17) is 9.97 Å². The van der Waals surface area contributed by atoms with Gasteiger partial charge in [0.25, 0.3) is 0 Å². The van der Waals surface area contributed by atoms with Gasteiger partial charge in [0.1, 0.15) is 0 Å². The van der Waals surface area contributed by atoms with Crippen molar-refractivity contribution in [2.45, 2.75) is 40.2 Å². The molecule has 0 aliphatic carbocycles. The summed E-state index contributed by atoms with van der Waals surface area (Å²) < 4.78 is 1.96. The number of nitrogens with zero attached hydrogens (tertiary/aromatic N) is 7. The van der Waals surface area contributed by atoms with Crippen molar-refractivity contribution in [2.75, 3.05) is 49.1 Å². The van der Waals surface area contributed by atoms with Crippen LogP contribution < -0.4 is 9.80 Å². The van der Waals surface area contributed by atoms with Crippen LogP contribution >= 0.6 is 0 Å². The van der Waals surface area contributed by atoms with Crippen molar-refractivity contribution >= 4 is 11.6 Å². The molecule has 0 unspecified atom stereocenters. The number of piperidine rings is 1. The molecule has 28 heavy (non-hydrogen) atoms. The smallest absolute Gasteiger partial charge is 0.172 e. The predicted octanol–water partition coefficient (Wildman–Crippen LogP) is 2.47. The van der Waals surface area contributed by atoms with E-state index in [1.807, 2.05) is 30.3 Å². The maximum atomic E-state index is 4.74. The zero-order chi connectivity index (χ0) is 19.7. The lowest BCUT2D eigenvalue weighted by atomic mass is 9.84. The normalized spacial score (nSPS) is 20.6. The lowest BCUT2D eigenvalue weighted by molar-refractivity contribution is 0.248. The highest BCUT2D eigenvalue weighted by molar-refractivity contribution is 5.62. The summed E-state index contributed by atoms with van der Waals surface area (Å²) in [4.78, 5) is 16.9. The lowest BCUT2D eigenvalue weighted by Gasteiger charge is -2.41. The number of aryl methyl sites for hydroxylation is 1. The standard InChI is InChI=1S/C21H33N7/c1-17-18(14-24-25(17)4)15-26-10-12-27(13-11-26)19-20(23-8-7-22-19)28-9-5-6-21(2,3)16-28/h7-8,14H,5-6,9-13,15-16H2,1-4H3. The van der Waals surface area contributed by atoms with Gasteiger partial charge >= 0.3 is 0 Å². The molecule has 0 saturated carbocycles. The summed E-state index contributed by atoms with van der Waals surface area (Å²) >= 11 is 0. The number of rotatable bonds is 4. The summed E-state index contributed by atoms with van der Waals surface area (Å²) in [5.74, 6) is 2.12. The molecule has 0 amide bonds. The molecule has 2 aromatic heterocycles. The Morgan fingerprint density at radius 3 is 2.25 bits per heavy atom. The van der Waals surface area contributed by atoms with Crippen molar-refractivity contribution in [3.8, 4) is 0 Å². The third kappa shape index (κ3) is 3.99. The second kappa shape index (κ2) is 7.70. The molecule has 2 aromatic rings. The molecule has 0 N–H and O–H groups in total. The summed E-state index contributed by atoms with van der Waals surface area (Å²) in [6.45, 7) is 14.0. The molecule has 7 heteroatoms. The molecule has 2 saturated heterocycles. The molecule has 0 atom stereocenters.